The summed E-state index contributed by atoms with van der Waals surface area (Å²) in [6.45, 7) is 0. The van der Waals surface area contributed by atoms with Crippen molar-refractivity contribution in [1.82, 2.24) is 4.98 Å². The average molecular weight is 304 g/mol. The number of rotatable bonds is 2. The maximum atomic E-state index is 12.3. The van der Waals surface area contributed by atoms with Crippen molar-refractivity contribution in [3.63, 3.8) is 0 Å². The van der Waals surface area contributed by atoms with Crippen LogP contribution < -0.4 is 0 Å². The highest BCUT2D eigenvalue weighted by Crippen LogP contribution is 2.36. The highest BCUT2D eigenvalue weighted by Gasteiger charge is 2.35. The van der Waals surface area contributed by atoms with Crippen molar-refractivity contribution in [2.24, 2.45) is 0 Å². The minimum Gasteiger partial charge on any atom is -0.298 e. The van der Waals surface area contributed by atoms with Crippen LogP contribution in [0.15, 0.2) is 10.7 Å². The molecule has 0 saturated carbocycles. The van der Waals surface area contributed by atoms with Crippen LogP contribution in [-0.2, 0) is 6.18 Å². The van der Waals surface area contributed by atoms with Crippen LogP contribution in [0.2, 0.25) is 0 Å². The number of pyridine rings is 1. The molecule has 0 unspecified atom stereocenters. The van der Waals surface area contributed by atoms with Crippen LogP contribution in [0.25, 0.3) is 0 Å². The summed E-state index contributed by atoms with van der Waals surface area (Å²) in [5.41, 5.74) is -3.01. The zero-order valence-corrected chi connectivity index (χ0v) is 8.94. The van der Waals surface area contributed by atoms with Gasteiger partial charge in [0.15, 0.2) is 6.29 Å². The Balaban J connectivity index is 3.43. The predicted molar refractivity (Wildman–Crippen MR) is 47.3 cm³/mol. The van der Waals surface area contributed by atoms with Crippen LogP contribution in [-0.4, -0.2) is 11.3 Å². The minimum atomic E-state index is -4.76. The van der Waals surface area contributed by atoms with Crippen molar-refractivity contribution in [3.05, 3.63) is 27.5 Å². The Bertz CT molecular complexity index is 418. The van der Waals surface area contributed by atoms with Gasteiger partial charge >= 0.3 is 6.18 Å². The molecule has 0 amide bonds. The van der Waals surface area contributed by atoms with E-state index in [4.69, 9.17) is 0 Å². The zero-order valence-electron chi connectivity index (χ0n) is 7.36. The first-order valence-electron chi connectivity index (χ1n) is 3.78. The predicted octanol–water partition coefficient (Wildman–Crippen LogP) is 3.61. The zero-order chi connectivity index (χ0) is 12.5. The number of aldehydes is 1. The van der Waals surface area contributed by atoms with Gasteiger partial charge in [-0.05, 0) is 22.0 Å². The van der Waals surface area contributed by atoms with Gasteiger partial charge in [-0.25, -0.2) is 13.8 Å². The van der Waals surface area contributed by atoms with Gasteiger partial charge in [0.25, 0.3) is 6.43 Å². The number of hydrogen-bond donors (Lipinski definition) is 0. The molecule has 0 aliphatic rings. The third-order valence-corrected chi connectivity index (χ3v) is 2.28. The van der Waals surface area contributed by atoms with E-state index in [0.29, 0.717) is 6.07 Å². The van der Waals surface area contributed by atoms with E-state index in [1.165, 1.54) is 0 Å². The van der Waals surface area contributed by atoms with E-state index in [-0.39, 0.29) is 6.29 Å². The van der Waals surface area contributed by atoms with Crippen molar-refractivity contribution in [2.45, 2.75) is 12.6 Å². The maximum Gasteiger partial charge on any atom is 0.419 e. The Morgan fingerprint density at radius 2 is 1.94 bits per heavy atom. The lowest BCUT2D eigenvalue weighted by Gasteiger charge is -2.11. The first-order valence-corrected chi connectivity index (χ1v) is 4.57. The fourth-order valence-electron chi connectivity index (χ4n) is 0.987. The van der Waals surface area contributed by atoms with Crippen molar-refractivity contribution in [2.75, 3.05) is 0 Å². The summed E-state index contributed by atoms with van der Waals surface area (Å²) >= 11 is 2.43. The largest absolute Gasteiger partial charge is 0.419 e. The molecule has 2 nitrogen and oxygen atoms in total. The number of carbonyl (C=O) groups excluding carboxylic acids is 1. The molecule has 0 atom stereocenters. The van der Waals surface area contributed by atoms with Gasteiger partial charge in [-0.3, -0.25) is 4.79 Å². The molecule has 0 spiro atoms. The third-order valence-electron chi connectivity index (χ3n) is 1.68. The highest BCUT2D eigenvalue weighted by atomic mass is 79.9. The van der Waals surface area contributed by atoms with Crippen LogP contribution in [0.1, 0.15) is 28.0 Å². The van der Waals surface area contributed by atoms with Gasteiger partial charge in [0.1, 0.15) is 10.3 Å². The van der Waals surface area contributed by atoms with Crippen molar-refractivity contribution < 1.29 is 26.7 Å². The third kappa shape index (κ3) is 2.55. The van der Waals surface area contributed by atoms with Gasteiger partial charge in [0, 0.05) is 5.56 Å². The van der Waals surface area contributed by atoms with E-state index >= 15 is 0 Å². The molecule has 1 rings (SSSR count). The van der Waals surface area contributed by atoms with E-state index in [1.807, 2.05) is 0 Å². The number of halogens is 6. The SMILES string of the molecule is O=Cc1cc(C(F)(F)F)c(Br)nc1C(F)F. The molecule has 0 radical (unpaired) electrons. The lowest BCUT2D eigenvalue weighted by Crippen LogP contribution is -2.10. The summed E-state index contributed by atoms with van der Waals surface area (Å²) in [7, 11) is 0. The van der Waals surface area contributed by atoms with Crippen LogP contribution in [0.4, 0.5) is 22.0 Å². The second kappa shape index (κ2) is 4.44. The van der Waals surface area contributed by atoms with E-state index in [2.05, 4.69) is 20.9 Å². The number of hydrogen-bond acceptors (Lipinski definition) is 2. The second-order valence-electron chi connectivity index (χ2n) is 2.72. The standard InChI is InChI=1S/C8H3BrF5NO/c9-6-4(8(12,13)14)1-3(2-16)5(15-6)7(10)11/h1-2,7H. The molecule has 0 fully saturated rings. The maximum absolute atomic E-state index is 12.3. The molecule has 0 aliphatic carbocycles. The molecule has 1 aromatic heterocycles. The molecular formula is C8H3BrF5NO. The fraction of sp³-hybridized carbons (Fsp3) is 0.250. The van der Waals surface area contributed by atoms with Crippen molar-refractivity contribution in [1.29, 1.82) is 0 Å². The van der Waals surface area contributed by atoms with Crippen LogP contribution in [0, 0.1) is 0 Å². The summed E-state index contributed by atoms with van der Waals surface area (Å²) in [5.74, 6) is 0. The molecule has 0 bridgehead atoms. The smallest absolute Gasteiger partial charge is 0.298 e. The van der Waals surface area contributed by atoms with Gasteiger partial charge in [-0.15, -0.1) is 0 Å². The highest BCUT2D eigenvalue weighted by molar-refractivity contribution is 9.10. The van der Waals surface area contributed by atoms with Crippen LogP contribution in [0.5, 0.6) is 0 Å². The summed E-state index contributed by atoms with van der Waals surface area (Å²) in [5, 5.41) is 0. The topological polar surface area (TPSA) is 30.0 Å². The first kappa shape index (κ1) is 13.0. The Hall–Kier alpha value is -1.05. The van der Waals surface area contributed by atoms with E-state index in [9.17, 15) is 26.7 Å². The van der Waals surface area contributed by atoms with E-state index in [1.54, 1.807) is 0 Å². The van der Waals surface area contributed by atoms with Crippen molar-refractivity contribution in [3.8, 4) is 0 Å². The molecule has 16 heavy (non-hydrogen) atoms. The molecule has 8 heteroatoms. The number of aromatic nitrogens is 1. The Kier molecular flexibility index (Phi) is 3.61. The summed E-state index contributed by atoms with van der Waals surface area (Å²) in [6, 6.07) is 0.339. The quantitative estimate of drug-likeness (QED) is 0.474. The van der Waals surface area contributed by atoms with Gasteiger partial charge in [0.2, 0.25) is 0 Å². The molecule has 1 heterocycles. The second-order valence-corrected chi connectivity index (χ2v) is 3.47. The molecule has 0 N–H and O–H groups in total. The Morgan fingerprint density at radius 3 is 2.31 bits per heavy atom. The van der Waals surface area contributed by atoms with Gasteiger partial charge in [-0.1, -0.05) is 0 Å². The van der Waals surface area contributed by atoms with Gasteiger partial charge in [0.05, 0.1) is 5.56 Å². The van der Waals surface area contributed by atoms with Gasteiger partial charge in [-0.2, -0.15) is 13.2 Å². The van der Waals surface area contributed by atoms with E-state index in [0.717, 1.165) is 0 Å². The first-order chi connectivity index (χ1) is 7.27. The van der Waals surface area contributed by atoms with Crippen molar-refractivity contribution >= 4 is 22.2 Å². The Labute approximate surface area is 94.6 Å². The lowest BCUT2D eigenvalue weighted by molar-refractivity contribution is -0.138. The summed E-state index contributed by atoms with van der Waals surface area (Å²) < 4.78 is 60.8. The fourth-order valence-corrected chi connectivity index (χ4v) is 1.52. The molecular weight excluding hydrogens is 301 g/mol. The number of carbonyl (C=O) groups is 1. The molecule has 88 valence electrons. The normalized spacial score (nSPS) is 11.9. The van der Waals surface area contributed by atoms with Crippen LogP contribution in [0.3, 0.4) is 0 Å². The monoisotopic (exact) mass is 303 g/mol. The molecule has 0 saturated heterocycles. The number of nitrogens with zero attached hydrogens (tertiary/aromatic N) is 1. The van der Waals surface area contributed by atoms with Crippen LogP contribution >= 0.6 is 15.9 Å². The molecule has 0 aromatic carbocycles. The molecule has 1 aromatic rings. The summed E-state index contributed by atoms with van der Waals surface area (Å²) in [6.07, 6.45) is -7.96. The lowest BCUT2D eigenvalue weighted by atomic mass is 10.1. The Morgan fingerprint density at radius 1 is 1.38 bits per heavy atom. The summed E-state index contributed by atoms with van der Waals surface area (Å²) in [4.78, 5) is 13.4. The molecule has 0 aliphatic heterocycles. The minimum absolute atomic E-state index is 0.0871. The number of alkyl halides is 5. The van der Waals surface area contributed by atoms with Gasteiger partial charge < -0.3 is 0 Å². The van der Waals surface area contributed by atoms with E-state index < -0.39 is 34.0 Å². The average Bonchev–Trinajstić information content (AvgIpc) is 2.15.